The van der Waals surface area contributed by atoms with Crippen LogP contribution >= 0.6 is 12.2 Å². The maximum Gasteiger partial charge on any atom is 0.277 e. The number of methoxy groups -OCH3 is 1. The Hall–Kier alpha value is -3.60. The van der Waals surface area contributed by atoms with Crippen molar-refractivity contribution in [3.05, 3.63) is 68.3 Å². The van der Waals surface area contributed by atoms with E-state index < -0.39 is 27.1 Å². The van der Waals surface area contributed by atoms with Crippen molar-refractivity contribution in [3.8, 4) is 5.75 Å². The molecule has 0 bridgehead atoms. The first-order valence-corrected chi connectivity index (χ1v) is 7.41. The first-order valence-electron chi connectivity index (χ1n) is 7.00. The lowest BCUT2D eigenvalue weighted by atomic mass is 10.1. The molecule has 0 saturated heterocycles. The molecule has 0 atom stereocenters. The van der Waals surface area contributed by atoms with E-state index in [-0.39, 0.29) is 10.7 Å². The number of non-ortho nitro benzene ring substituents is 2. The number of hydrogen-bond donors (Lipinski definition) is 2. The van der Waals surface area contributed by atoms with E-state index in [4.69, 9.17) is 17.0 Å². The van der Waals surface area contributed by atoms with Crippen LogP contribution < -0.4 is 15.4 Å². The fraction of sp³-hybridized carbons (Fsp3) is 0.0667. The summed E-state index contributed by atoms with van der Waals surface area (Å²) in [4.78, 5) is 32.3. The number of nitro benzene ring substituents is 2. The van der Waals surface area contributed by atoms with Gasteiger partial charge in [0, 0.05) is 17.8 Å². The summed E-state index contributed by atoms with van der Waals surface area (Å²) in [7, 11) is 1.52. The third kappa shape index (κ3) is 4.70. The van der Waals surface area contributed by atoms with Crippen LogP contribution in [0.3, 0.4) is 0 Å². The largest absolute Gasteiger partial charge is 0.497 e. The molecule has 0 heterocycles. The molecule has 0 unspecified atom stereocenters. The second kappa shape index (κ2) is 7.98. The molecule has 2 rings (SSSR count). The van der Waals surface area contributed by atoms with Crippen molar-refractivity contribution in [2.24, 2.45) is 0 Å². The van der Waals surface area contributed by atoms with Gasteiger partial charge in [0.1, 0.15) is 5.75 Å². The average Bonchev–Trinajstić information content (AvgIpc) is 2.61. The van der Waals surface area contributed by atoms with Gasteiger partial charge in [0.25, 0.3) is 17.3 Å². The van der Waals surface area contributed by atoms with Gasteiger partial charge in [0.2, 0.25) is 0 Å². The first-order chi connectivity index (χ1) is 12.3. The van der Waals surface area contributed by atoms with Gasteiger partial charge < -0.3 is 10.1 Å². The van der Waals surface area contributed by atoms with Crippen molar-refractivity contribution < 1.29 is 19.4 Å². The van der Waals surface area contributed by atoms with E-state index in [2.05, 4.69) is 10.6 Å². The van der Waals surface area contributed by atoms with E-state index in [0.717, 1.165) is 18.2 Å². The van der Waals surface area contributed by atoms with Gasteiger partial charge in [-0.1, -0.05) is 0 Å². The molecule has 11 heteroatoms. The van der Waals surface area contributed by atoms with E-state index >= 15 is 0 Å². The van der Waals surface area contributed by atoms with Crippen LogP contribution in [0.2, 0.25) is 0 Å². The number of amides is 1. The minimum Gasteiger partial charge on any atom is -0.497 e. The lowest BCUT2D eigenvalue weighted by molar-refractivity contribution is -0.394. The predicted octanol–water partition coefficient (Wildman–Crippen LogP) is 2.64. The Morgan fingerprint density at radius 3 is 2.04 bits per heavy atom. The first kappa shape index (κ1) is 18.7. The Morgan fingerprint density at radius 2 is 1.58 bits per heavy atom. The molecule has 1 amide bonds. The number of carbonyl (C=O) groups is 1. The molecule has 0 aliphatic heterocycles. The highest BCUT2D eigenvalue weighted by molar-refractivity contribution is 7.80. The number of hydrogen-bond acceptors (Lipinski definition) is 7. The maximum atomic E-state index is 12.2. The monoisotopic (exact) mass is 376 g/mol. The fourth-order valence-electron chi connectivity index (χ4n) is 1.95. The molecule has 0 radical (unpaired) electrons. The van der Waals surface area contributed by atoms with E-state index in [0.29, 0.717) is 11.4 Å². The SMILES string of the molecule is COc1ccc(NC(=S)NC(=O)c2cc([N+](=O)[O-])cc([N+](=O)[O-])c2)cc1. The Labute approximate surface area is 152 Å². The number of rotatable bonds is 5. The number of benzene rings is 2. The van der Waals surface area contributed by atoms with Crippen LogP contribution in [-0.4, -0.2) is 28.0 Å². The summed E-state index contributed by atoms with van der Waals surface area (Å²) in [6.07, 6.45) is 0. The minimum absolute atomic E-state index is 0.0747. The van der Waals surface area contributed by atoms with Crippen molar-refractivity contribution in [2.75, 3.05) is 12.4 Å². The van der Waals surface area contributed by atoms with E-state index in [1.54, 1.807) is 24.3 Å². The number of nitro groups is 2. The summed E-state index contributed by atoms with van der Waals surface area (Å²) in [5.41, 5.74) is -0.831. The summed E-state index contributed by atoms with van der Waals surface area (Å²) in [5.74, 6) is -0.183. The molecule has 0 spiro atoms. The van der Waals surface area contributed by atoms with Gasteiger partial charge in [0.15, 0.2) is 5.11 Å². The molecule has 10 nitrogen and oxygen atoms in total. The molecule has 0 aliphatic rings. The highest BCUT2D eigenvalue weighted by Crippen LogP contribution is 2.22. The summed E-state index contributed by atoms with van der Waals surface area (Å²) >= 11 is 5.00. The van der Waals surface area contributed by atoms with Crippen LogP contribution in [-0.2, 0) is 0 Å². The molecule has 0 fully saturated rings. The van der Waals surface area contributed by atoms with Gasteiger partial charge >= 0.3 is 0 Å². The van der Waals surface area contributed by atoms with E-state index in [9.17, 15) is 25.0 Å². The number of carbonyl (C=O) groups excluding carboxylic acids is 1. The van der Waals surface area contributed by atoms with Crippen molar-refractivity contribution in [1.29, 1.82) is 0 Å². The van der Waals surface area contributed by atoms with Crippen molar-refractivity contribution in [3.63, 3.8) is 0 Å². The van der Waals surface area contributed by atoms with Gasteiger partial charge in [-0.25, -0.2) is 0 Å². The Balaban J connectivity index is 2.14. The maximum absolute atomic E-state index is 12.2. The third-order valence-electron chi connectivity index (χ3n) is 3.16. The number of ether oxygens (including phenoxy) is 1. The van der Waals surface area contributed by atoms with Gasteiger partial charge in [-0.2, -0.15) is 0 Å². The Morgan fingerprint density at radius 1 is 1.04 bits per heavy atom. The topological polar surface area (TPSA) is 137 Å². The lowest BCUT2D eigenvalue weighted by Gasteiger charge is -2.10. The summed E-state index contributed by atoms with van der Waals surface area (Å²) in [5, 5.41) is 26.7. The predicted molar refractivity (Wildman–Crippen MR) is 96.4 cm³/mol. The Bertz CT molecular complexity index is 852. The number of nitrogens with zero attached hydrogens (tertiary/aromatic N) is 2. The van der Waals surface area contributed by atoms with E-state index in [1.165, 1.54) is 7.11 Å². The van der Waals surface area contributed by atoms with Crippen LogP contribution in [0.15, 0.2) is 42.5 Å². The fourth-order valence-corrected chi connectivity index (χ4v) is 2.16. The van der Waals surface area contributed by atoms with E-state index in [1.807, 2.05) is 0 Å². The van der Waals surface area contributed by atoms with Crippen molar-refractivity contribution in [1.82, 2.24) is 5.32 Å². The quantitative estimate of drug-likeness (QED) is 0.461. The van der Waals surface area contributed by atoms with Crippen LogP contribution in [0.25, 0.3) is 0 Å². The molecule has 134 valence electrons. The van der Waals surface area contributed by atoms with Gasteiger partial charge in [-0.15, -0.1) is 0 Å². The zero-order chi connectivity index (χ0) is 19.3. The van der Waals surface area contributed by atoms with Gasteiger partial charge in [-0.05, 0) is 36.5 Å². The molecule has 2 N–H and O–H groups in total. The van der Waals surface area contributed by atoms with Gasteiger partial charge in [0.05, 0.1) is 28.6 Å². The van der Waals surface area contributed by atoms with Crippen molar-refractivity contribution >= 4 is 40.3 Å². The van der Waals surface area contributed by atoms with Crippen molar-refractivity contribution in [2.45, 2.75) is 0 Å². The normalized spacial score (nSPS) is 9.88. The molecule has 0 aromatic heterocycles. The van der Waals surface area contributed by atoms with Crippen LogP contribution in [0, 0.1) is 20.2 Å². The number of thiocarbonyl (C=S) groups is 1. The highest BCUT2D eigenvalue weighted by atomic mass is 32.1. The summed E-state index contributed by atoms with van der Waals surface area (Å²) in [6.45, 7) is 0. The van der Waals surface area contributed by atoms with Crippen LogP contribution in [0.1, 0.15) is 10.4 Å². The molecular weight excluding hydrogens is 364 g/mol. The molecule has 2 aromatic carbocycles. The molecule has 2 aromatic rings. The highest BCUT2D eigenvalue weighted by Gasteiger charge is 2.20. The third-order valence-corrected chi connectivity index (χ3v) is 3.37. The molecular formula is C15H12N4O6S. The molecule has 0 saturated carbocycles. The smallest absolute Gasteiger partial charge is 0.277 e. The number of anilines is 1. The average molecular weight is 376 g/mol. The zero-order valence-electron chi connectivity index (χ0n) is 13.3. The summed E-state index contributed by atoms with van der Waals surface area (Å²) < 4.78 is 5.02. The van der Waals surface area contributed by atoms with Gasteiger partial charge in [-0.3, -0.25) is 30.3 Å². The molecule has 26 heavy (non-hydrogen) atoms. The Kier molecular flexibility index (Phi) is 5.75. The minimum atomic E-state index is -0.822. The lowest BCUT2D eigenvalue weighted by Crippen LogP contribution is -2.34. The zero-order valence-corrected chi connectivity index (χ0v) is 14.1. The summed E-state index contributed by atoms with van der Waals surface area (Å²) in [6, 6.07) is 9.31. The van der Waals surface area contributed by atoms with Crippen LogP contribution in [0.5, 0.6) is 5.75 Å². The number of nitrogens with one attached hydrogen (secondary N) is 2. The second-order valence-corrected chi connectivity index (χ2v) is 5.30. The second-order valence-electron chi connectivity index (χ2n) is 4.89. The standard InChI is InChI=1S/C15H12N4O6S/c1-25-13-4-2-10(3-5-13)16-15(26)17-14(20)9-6-11(18(21)22)8-12(7-9)19(23)24/h2-8H,1H3,(H2,16,17,20,26). The molecule has 0 aliphatic carbocycles. The van der Waals surface area contributed by atoms with Crippen LogP contribution in [0.4, 0.5) is 17.1 Å².